The minimum Gasteiger partial charge on any atom is -0.370 e. The van der Waals surface area contributed by atoms with E-state index in [2.05, 4.69) is 26.1 Å². The zero-order valence-electron chi connectivity index (χ0n) is 11.1. The van der Waals surface area contributed by atoms with Crippen LogP contribution in [0.4, 0.5) is 0 Å². The Morgan fingerprint density at radius 3 is 2.38 bits per heavy atom. The van der Waals surface area contributed by atoms with Gasteiger partial charge in [0, 0.05) is 12.0 Å². The molecule has 1 unspecified atom stereocenters. The lowest BCUT2D eigenvalue weighted by atomic mass is 9.90. The van der Waals surface area contributed by atoms with E-state index in [-0.39, 0.29) is 11.4 Å². The molecule has 0 aromatic heterocycles. The average Bonchev–Trinajstić information content (AvgIpc) is 2.21. The van der Waals surface area contributed by atoms with Crippen molar-refractivity contribution >= 4 is 5.91 Å². The lowest BCUT2D eigenvalue weighted by Crippen LogP contribution is -2.45. The molecule has 0 aromatic carbocycles. The van der Waals surface area contributed by atoms with Crippen molar-refractivity contribution in [3.05, 3.63) is 0 Å². The van der Waals surface area contributed by atoms with Crippen LogP contribution in [0.15, 0.2) is 0 Å². The molecule has 0 rings (SSSR count). The molecule has 0 spiro atoms. The van der Waals surface area contributed by atoms with E-state index < -0.39 is 0 Å². The number of carbonyl (C=O) groups excluding carboxylic acids is 1. The zero-order chi connectivity index (χ0) is 12.4. The van der Waals surface area contributed by atoms with Crippen molar-refractivity contribution in [2.45, 2.75) is 71.3 Å². The lowest BCUT2D eigenvalue weighted by Gasteiger charge is -2.30. The highest BCUT2D eigenvalue weighted by molar-refractivity contribution is 5.75. The fourth-order valence-electron chi connectivity index (χ4n) is 1.99. The van der Waals surface area contributed by atoms with Crippen LogP contribution in [-0.4, -0.2) is 18.0 Å². The van der Waals surface area contributed by atoms with E-state index in [0.717, 1.165) is 19.4 Å². The monoisotopic (exact) mass is 228 g/mol. The molecule has 16 heavy (non-hydrogen) atoms. The minimum absolute atomic E-state index is 0.102. The average molecular weight is 228 g/mol. The smallest absolute Gasteiger partial charge is 0.219 e. The van der Waals surface area contributed by atoms with E-state index in [9.17, 15) is 4.79 Å². The van der Waals surface area contributed by atoms with Crippen LogP contribution in [0.25, 0.3) is 0 Å². The molecule has 1 atom stereocenters. The van der Waals surface area contributed by atoms with Gasteiger partial charge in [0.1, 0.15) is 0 Å². The van der Waals surface area contributed by atoms with E-state index in [0.29, 0.717) is 6.42 Å². The first-order valence-electron chi connectivity index (χ1n) is 6.57. The van der Waals surface area contributed by atoms with Gasteiger partial charge in [-0.1, -0.05) is 39.5 Å². The third kappa shape index (κ3) is 7.69. The van der Waals surface area contributed by atoms with Gasteiger partial charge in [-0.3, -0.25) is 4.79 Å². The molecule has 1 amide bonds. The fraction of sp³-hybridized carbons (Fsp3) is 0.923. The fourth-order valence-corrected chi connectivity index (χ4v) is 1.99. The highest BCUT2D eigenvalue weighted by atomic mass is 16.1. The van der Waals surface area contributed by atoms with E-state index in [1.54, 1.807) is 0 Å². The molecule has 0 heterocycles. The van der Waals surface area contributed by atoms with Gasteiger partial charge in [0.25, 0.3) is 0 Å². The van der Waals surface area contributed by atoms with Gasteiger partial charge in [0.2, 0.25) is 5.91 Å². The van der Waals surface area contributed by atoms with Crippen LogP contribution in [0.3, 0.4) is 0 Å². The maximum Gasteiger partial charge on any atom is 0.219 e. The van der Waals surface area contributed by atoms with Gasteiger partial charge in [0.15, 0.2) is 0 Å². The molecule has 0 aliphatic rings. The van der Waals surface area contributed by atoms with E-state index in [1.165, 1.54) is 25.7 Å². The molecule has 0 saturated heterocycles. The number of carbonyl (C=O) groups is 1. The van der Waals surface area contributed by atoms with Crippen LogP contribution < -0.4 is 11.1 Å². The molecular weight excluding hydrogens is 200 g/mol. The van der Waals surface area contributed by atoms with Gasteiger partial charge in [0.05, 0.1) is 0 Å². The second-order valence-corrected chi connectivity index (χ2v) is 4.94. The van der Waals surface area contributed by atoms with Gasteiger partial charge in [-0.15, -0.1) is 0 Å². The van der Waals surface area contributed by atoms with Gasteiger partial charge in [-0.2, -0.15) is 0 Å². The first-order valence-corrected chi connectivity index (χ1v) is 6.57. The molecule has 0 radical (unpaired) electrons. The molecule has 0 aliphatic carbocycles. The second kappa shape index (κ2) is 8.57. The van der Waals surface area contributed by atoms with Crippen molar-refractivity contribution < 1.29 is 4.79 Å². The van der Waals surface area contributed by atoms with Crippen molar-refractivity contribution in [1.82, 2.24) is 5.32 Å². The topological polar surface area (TPSA) is 55.1 Å². The summed E-state index contributed by atoms with van der Waals surface area (Å²) in [7, 11) is 0. The molecule has 0 aromatic rings. The van der Waals surface area contributed by atoms with Crippen LogP contribution in [0.1, 0.15) is 65.7 Å². The van der Waals surface area contributed by atoms with E-state index >= 15 is 0 Å². The molecule has 0 bridgehead atoms. The van der Waals surface area contributed by atoms with Gasteiger partial charge in [-0.25, -0.2) is 0 Å². The van der Waals surface area contributed by atoms with Crippen LogP contribution in [-0.2, 0) is 4.79 Å². The molecule has 0 aliphatic heterocycles. The highest BCUT2D eigenvalue weighted by Gasteiger charge is 2.24. The van der Waals surface area contributed by atoms with Crippen LogP contribution in [0, 0.1) is 0 Å². The Morgan fingerprint density at radius 2 is 1.88 bits per heavy atom. The third-order valence-corrected chi connectivity index (χ3v) is 2.95. The maximum atomic E-state index is 11.0. The number of nitrogens with two attached hydrogens (primary N) is 1. The summed E-state index contributed by atoms with van der Waals surface area (Å²) >= 11 is 0. The molecule has 3 N–H and O–H groups in total. The third-order valence-electron chi connectivity index (χ3n) is 2.95. The molecule has 0 fully saturated rings. The Kier molecular flexibility index (Phi) is 8.26. The summed E-state index contributed by atoms with van der Waals surface area (Å²) in [5.74, 6) is -0.207. The normalized spacial score (nSPS) is 14.7. The summed E-state index contributed by atoms with van der Waals surface area (Å²) in [5.41, 5.74) is 5.20. The first kappa shape index (κ1) is 15.4. The number of primary amides is 1. The number of hydrogen-bond donors (Lipinski definition) is 2. The number of hydrogen-bond acceptors (Lipinski definition) is 2. The highest BCUT2D eigenvalue weighted by Crippen LogP contribution is 2.19. The standard InChI is InChI=1S/C13H28N2O/c1-4-6-7-8-9-13(3,11-12(14)16)15-10-5-2/h15H,4-11H2,1-3H3,(H2,14,16). The molecule has 3 nitrogen and oxygen atoms in total. The lowest BCUT2D eigenvalue weighted by molar-refractivity contribution is -0.119. The Hall–Kier alpha value is -0.570. The Bertz CT molecular complexity index is 194. The first-order chi connectivity index (χ1) is 7.54. The van der Waals surface area contributed by atoms with Crippen LogP contribution in [0.2, 0.25) is 0 Å². The second-order valence-electron chi connectivity index (χ2n) is 4.94. The number of nitrogens with one attached hydrogen (secondary N) is 1. The number of unbranched alkanes of at least 4 members (excludes halogenated alkanes) is 3. The molecule has 3 heteroatoms. The van der Waals surface area contributed by atoms with E-state index in [1.807, 2.05) is 0 Å². The summed E-state index contributed by atoms with van der Waals surface area (Å²) in [4.78, 5) is 11.0. The van der Waals surface area contributed by atoms with Gasteiger partial charge in [-0.05, 0) is 26.3 Å². The van der Waals surface area contributed by atoms with Crippen molar-refractivity contribution in [3.63, 3.8) is 0 Å². The Balaban J connectivity index is 4.02. The Morgan fingerprint density at radius 1 is 1.19 bits per heavy atom. The predicted molar refractivity (Wildman–Crippen MR) is 69.3 cm³/mol. The SMILES string of the molecule is CCCCCCC(C)(CC(N)=O)NCCC. The molecule has 96 valence electrons. The quantitative estimate of drug-likeness (QED) is 0.565. The Labute approximate surface area is 100 Å². The van der Waals surface area contributed by atoms with Gasteiger partial charge >= 0.3 is 0 Å². The van der Waals surface area contributed by atoms with Crippen molar-refractivity contribution in [2.24, 2.45) is 5.73 Å². The summed E-state index contributed by atoms with van der Waals surface area (Å²) in [6.07, 6.45) is 7.51. The maximum absolute atomic E-state index is 11.0. The van der Waals surface area contributed by atoms with Crippen molar-refractivity contribution in [2.75, 3.05) is 6.54 Å². The van der Waals surface area contributed by atoms with Crippen molar-refractivity contribution in [3.8, 4) is 0 Å². The van der Waals surface area contributed by atoms with Crippen LogP contribution >= 0.6 is 0 Å². The summed E-state index contributed by atoms with van der Waals surface area (Å²) in [6.45, 7) is 7.41. The zero-order valence-corrected chi connectivity index (χ0v) is 11.1. The van der Waals surface area contributed by atoms with Crippen LogP contribution in [0.5, 0.6) is 0 Å². The number of rotatable bonds is 10. The molecular formula is C13H28N2O. The summed E-state index contributed by atoms with van der Waals surface area (Å²) in [5, 5.41) is 3.45. The van der Waals surface area contributed by atoms with E-state index in [4.69, 9.17) is 5.73 Å². The summed E-state index contributed by atoms with van der Waals surface area (Å²) < 4.78 is 0. The number of amides is 1. The minimum atomic E-state index is -0.207. The van der Waals surface area contributed by atoms with Crippen molar-refractivity contribution in [1.29, 1.82) is 0 Å². The molecule has 0 saturated carbocycles. The summed E-state index contributed by atoms with van der Waals surface area (Å²) in [6, 6.07) is 0. The largest absolute Gasteiger partial charge is 0.370 e. The van der Waals surface area contributed by atoms with Gasteiger partial charge < -0.3 is 11.1 Å². The predicted octanol–water partition coefficient (Wildman–Crippen LogP) is 2.59.